The Labute approximate surface area is 144 Å². The van der Waals surface area contributed by atoms with Gasteiger partial charge in [-0.25, -0.2) is 4.39 Å². The number of benzene rings is 2. The van der Waals surface area contributed by atoms with Gasteiger partial charge in [-0.1, -0.05) is 35.3 Å². The van der Waals surface area contributed by atoms with E-state index >= 15 is 0 Å². The molecule has 2 rings (SSSR count). The maximum absolute atomic E-state index is 13.5. The molecular formula is C17H17Cl2FN2O. The average molecular weight is 355 g/mol. The van der Waals surface area contributed by atoms with Crippen LogP contribution in [0.15, 0.2) is 36.4 Å². The molecular weight excluding hydrogens is 338 g/mol. The largest absolute Gasteiger partial charge is 0.325 e. The van der Waals surface area contributed by atoms with Crippen LogP contribution in [0.3, 0.4) is 0 Å². The molecule has 0 fully saturated rings. The van der Waals surface area contributed by atoms with Crippen LogP contribution in [0.25, 0.3) is 0 Å². The maximum Gasteiger partial charge on any atom is 0.238 e. The number of amides is 1. The fourth-order valence-electron chi connectivity index (χ4n) is 2.15. The summed E-state index contributed by atoms with van der Waals surface area (Å²) in [5.74, 6) is -0.725. The molecule has 0 saturated heterocycles. The molecule has 2 N–H and O–H groups in total. The third-order valence-corrected chi connectivity index (χ3v) is 3.99. The second-order valence-corrected chi connectivity index (χ2v) is 6.12. The van der Waals surface area contributed by atoms with E-state index in [1.165, 1.54) is 12.1 Å². The van der Waals surface area contributed by atoms with Crippen molar-refractivity contribution in [3.63, 3.8) is 0 Å². The molecule has 23 heavy (non-hydrogen) atoms. The third kappa shape index (κ3) is 4.93. The van der Waals surface area contributed by atoms with Gasteiger partial charge >= 0.3 is 0 Å². The van der Waals surface area contributed by atoms with E-state index in [0.717, 1.165) is 11.3 Å². The van der Waals surface area contributed by atoms with Crippen LogP contribution in [0, 0.1) is 12.7 Å². The zero-order valence-electron chi connectivity index (χ0n) is 12.8. The van der Waals surface area contributed by atoms with Gasteiger partial charge in [0.1, 0.15) is 5.82 Å². The Kier molecular flexibility index (Phi) is 5.99. The first kappa shape index (κ1) is 17.7. The number of nitrogens with one attached hydrogen (secondary N) is 2. The molecule has 0 radical (unpaired) electrons. The predicted octanol–water partition coefficient (Wildman–Crippen LogP) is 4.73. The van der Waals surface area contributed by atoms with Crippen molar-refractivity contribution >= 4 is 34.8 Å². The van der Waals surface area contributed by atoms with Crippen LogP contribution in [0.5, 0.6) is 0 Å². The molecule has 0 unspecified atom stereocenters. The van der Waals surface area contributed by atoms with Crippen LogP contribution < -0.4 is 10.6 Å². The zero-order chi connectivity index (χ0) is 17.0. The lowest BCUT2D eigenvalue weighted by Crippen LogP contribution is -2.30. The van der Waals surface area contributed by atoms with Gasteiger partial charge < -0.3 is 10.6 Å². The van der Waals surface area contributed by atoms with Gasteiger partial charge in [0.15, 0.2) is 0 Å². The van der Waals surface area contributed by atoms with Crippen molar-refractivity contribution in [1.82, 2.24) is 5.32 Å². The normalized spacial score (nSPS) is 12.0. The Hall–Kier alpha value is -1.62. The lowest BCUT2D eigenvalue weighted by molar-refractivity contribution is -0.115. The highest BCUT2D eigenvalue weighted by Crippen LogP contribution is 2.28. The molecule has 6 heteroatoms. The van der Waals surface area contributed by atoms with Gasteiger partial charge in [-0.2, -0.15) is 0 Å². The maximum atomic E-state index is 13.5. The minimum absolute atomic E-state index is 0.0249. The molecule has 1 amide bonds. The minimum Gasteiger partial charge on any atom is -0.325 e. The average Bonchev–Trinajstić information content (AvgIpc) is 2.48. The van der Waals surface area contributed by atoms with E-state index in [9.17, 15) is 9.18 Å². The number of carbonyl (C=O) groups is 1. The number of halogens is 3. The first-order valence-electron chi connectivity index (χ1n) is 7.11. The van der Waals surface area contributed by atoms with Gasteiger partial charge in [0.2, 0.25) is 5.91 Å². The fraction of sp³-hybridized carbons (Fsp3) is 0.235. The van der Waals surface area contributed by atoms with Crippen LogP contribution in [0.1, 0.15) is 24.1 Å². The van der Waals surface area contributed by atoms with E-state index in [-0.39, 0.29) is 23.5 Å². The molecule has 0 heterocycles. The van der Waals surface area contributed by atoms with E-state index in [1.807, 2.05) is 31.2 Å². The van der Waals surface area contributed by atoms with Crippen molar-refractivity contribution in [2.75, 3.05) is 11.9 Å². The van der Waals surface area contributed by atoms with Gasteiger partial charge in [-0.15, -0.1) is 0 Å². The van der Waals surface area contributed by atoms with Crippen LogP contribution in [0.2, 0.25) is 10.0 Å². The van der Waals surface area contributed by atoms with Crippen molar-refractivity contribution in [2.24, 2.45) is 0 Å². The predicted molar refractivity (Wildman–Crippen MR) is 92.6 cm³/mol. The van der Waals surface area contributed by atoms with Crippen LogP contribution in [0.4, 0.5) is 10.1 Å². The van der Waals surface area contributed by atoms with E-state index in [2.05, 4.69) is 10.6 Å². The first-order valence-corrected chi connectivity index (χ1v) is 7.86. The van der Waals surface area contributed by atoms with Crippen molar-refractivity contribution in [1.29, 1.82) is 0 Å². The molecule has 122 valence electrons. The molecule has 2 aromatic rings. The Morgan fingerprint density at radius 3 is 2.65 bits per heavy atom. The summed E-state index contributed by atoms with van der Waals surface area (Å²) in [7, 11) is 0. The molecule has 0 aromatic heterocycles. The summed E-state index contributed by atoms with van der Waals surface area (Å²) >= 11 is 11.7. The van der Waals surface area contributed by atoms with Crippen LogP contribution >= 0.6 is 23.2 Å². The summed E-state index contributed by atoms with van der Waals surface area (Å²) in [6.45, 7) is 3.83. The molecule has 1 atom stereocenters. The number of hydrogen-bond donors (Lipinski definition) is 2. The van der Waals surface area contributed by atoms with Crippen LogP contribution in [-0.4, -0.2) is 12.5 Å². The molecule has 3 nitrogen and oxygen atoms in total. The van der Waals surface area contributed by atoms with Crippen molar-refractivity contribution in [2.45, 2.75) is 19.9 Å². The van der Waals surface area contributed by atoms with Crippen LogP contribution in [-0.2, 0) is 4.79 Å². The summed E-state index contributed by atoms with van der Waals surface area (Å²) in [4.78, 5) is 12.0. The highest BCUT2D eigenvalue weighted by Gasteiger charge is 2.14. The monoisotopic (exact) mass is 354 g/mol. The Balaban J connectivity index is 1.95. The first-order chi connectivity index (χ1) is 10.9. The molecule has 0 bridgehead atoms. The topological polar surface area (TPSA) is 41.1 Å². The van der Waals surface area contributed by atoms with E-state index < -0.39 is 5.82 Å². The quantitative estimate of drug-likeness (QED) is 0.762. The number of rotatable bonds is 5. The molecule has 0 saturated carbocycles. The van der Waals surface area contributed by atoms with Gasteiger partial charge in [-0.3, -0.25) is 4.79 Å². The summed E-state index contributed by atoms with van der Waals surface area (Å²) in [5, 5.41) is 6.14. The number of aryl methyl sites for hydroxylation is 1. The van der Waals surface area contributed by atoms with E-state index in [0.29, 0.717) is 10.6 Å². The van der Waals surface area contributed by atoms with Gasteiger partial charge in [0, 0.05) is 16.8 Å². The summed E-state index contributed by atoms with van der Waals surface area (Å²) < 4.78 is 13.5. The lowest BCUT2D eigenvalue weighted by atomic mass is 10.1. The van der Waals surface area contributed by atoms with E-state index in [4.69, 9.17) is 23.2 Å². The Bertz CT molecular complexity index is 722. The van der Waals surface area contributed by atoms with E-state index in [1.54, 1.807) is 6.92 Å². The third-order valence-electron chi connectivity index (χ3n) is 3.38. The number of hydrogen-bond acceptors (Lipinski definition) is 2. The van der Waals surface area contributed by atoms with Crippen molar-refractivity contribution in [3.05, 3.63) is 63.4 Å². The summed E-state index contributed by atoms with van der Waals surface area (Å²) in [6.07, 6.45) is 0. The second-order valence-electron chi connectivity index (χ2n) is 5.31. The van der Waals surface area contributed by atoms with Gasteiger partial charge in [-0.05, 0) is 49.2 Å². The van der Waals surface area contributed by atoms with Gasteiger partial charge in [0.05, 0.1) is 11.6 Å². The van der Waals surface area contributed by atoms with Crippen molar-refractivity contribution < 1.29 is 9.18 Å². The minimum atomic E-state index is -0.538. The van der Waals surface area contributed by atoms with Gasteiger partial charge in [0.25, 0.3) is 0 Å². The molecule has 0 aliphatic carbocycles. The highest BCUT2D eigenvalue weighted by molar-refractivity contribution is 6.35. The highest BCUT2D eigenvalue weighted by atomic mass is 35.5. The number of carbonyl (C=O) groups excluding carboxylic acids is 1. The molecule has 0 aliphatic heterocycles. The molecule has 0 aliphatic rings. The SMILES string of the molecule is Cc1cccc(NC(=O)CN[C@@H](C)c2cc(F)c(Cl)cc2Cl)c1. The smallest absolute Gasteiger partial charge is 0.238 e. The Morgan fingerprint density at radius 1 is 1.22 bits per heavy atom. The molecule has 2 aromatic carbocycles. The lowest BCUT2D eigenvalue weighted by Gasteiger charge is -2.16. The Morgan fingerprint density at radius 2 is 1.96 bits per heavy atom. The summed E-state index contributed by atoms with van der Waals surface area (Å²) in [5.41, 5.74) is 2.35. The fourth-order valence-corrected chi connectivity index (χ4v) is 2.70. The number of anilines is 1. The zero-order valence-corrected chi connectivity index (χ0v) is 14.3. The summed E-state index contributed by atoms with van der Waals surface area (Å²) in [6, 6.07) is 9.87. The van der Waals surface area contributed by atoms with Crippen molar-refractivity contribution in [3.8, 4) is 0 Å². The molecule has 0 spiro atoms. The second kappa shape index (κ2) is 7.77. The standard InChI is InChI=1S/C17H17Cl2FN2O/c1-10-4-3-5-12(6-10)22-17(23)9-21-11(2)13-7-16(20)15(19)8-14(13)18/h3-8,11,21H,9H2,1-2H3,(H,22,23)/t11-/m0/s1.